The van der Waals surface area contributed by atoms with Crippen LogP contribution in [0.25, 0.3) is 0 Å². The Labute approximate surface area is 78.2 Å². The van der Waals surface area contributed by atoms with Crippen LogP contribution >= 0.6 is 0 Å². The zero-order valence-corrected chi connectivity index (χ0v) is 8.17. The standard InChI is InChI=1S/C9H11O3S/c1-8-2-4-9(5-3-8)6-7-13(10,11)12/h2-5H,6-7H2,1H3. The maximum Gasteiger partial charge on any atom is 0.294 e. The highest BCUT2D eigenvalue weighted by Gasteiger charge is 2.06. The molecule has 0 aromatic heterocycles. The first kappa shape index (κ1) is 10.2. The number of aryl methyl sites for hydroxylation is 2. The minimum absolute atomic E-state index is 0.298. The molecule has 0 amide bonds. The zero-order chi connectivity index (χ0) is 9.90. The monoisotopic (exact) mass is 199 g/mol. The summed E-state index contributed by atoms with van der Waals surface area (Å²) < 4.78 is 30.9. The van der Waals surface area contributed by atoms with Gasteiger partial charge in [0, 0.05) is 0 Å². The van der Waals surface area contributed by atoms with Crippen molar-refractivity contribution in [3.63, 3.8) is 0 Å². The molecule has 0 spiro atoms. The highest BCUT2D eigenvalue weighted by molar-refractivity contribution is 7.85. The molecule has 0 bridgehead atoms. The molecule has 0 aliphatic carbocycles. The van der Waals surface area contributed by atoms with Gasteiger partial charge in [-0.1, -0.05) is 34.4 Å². The fraction of sp³-hybridized carbons (Fsp3) is 0.333. The molecule has 71 valence electrons. The summed E-state index contributed by atoms with van der Waals surface area (Å²) >= 11 is 0. The average Bonchev–Trinajstić information content (AvgIpc) is 2.02. The second-order valence-corrected chi connectivity index (χ2v) is 4.52. The minimum atomic E-state index is -4.08. The molecule has 0 atom stereocenters. The van der Waals surface area contributed by atoms with Crippen molar-refractivity contribution in [3.05, 3.63) is 35.4 Å². The van der Waals surface area contributed by atoms with E-state index in [9.17, 15) is 13.0 Å². The van der Waals surface area contributed by atoms with Crippen molar-refractivity contribution in [2.75, 3.05) is 5.75 Å². The van der Waals surface area contributed by atoms with E-state index in [1.807, 2.05) is 31.2 Å². The molecule has 0 aliphatic heterocycles. The fourth-order valence-electron chi connectivity index (χ4n) is 0.998. The molecule has 1 rings (SSSR count). The van der Waals surface area contributed by atoms with Crippen LogP contribution in [0, 0.1) is 6.92 Å². The Morgan fingerprint density at radius 1 is 1.15 bits per heavy atom. The molecule has 1 aromatic carbocycles. The van der Waals surface area contributed by atoms with Gasteiger partial charge in [0.2, 0.25) is 0 Å². The Balaban J connectivity index is 2.61. The molecule has 0 N–H and O–H groups in total. The Morgan fingerprint density at radius 2 is 1.69 bits per heavy atom. The topological polar surface area (TPSA) is 54.0 Å². The van der Waals surface area contributed by atoms with Gasteiger partial charge in [-0.05, 0) is 18.9 Å². The first-order valence-corrected chi connectivity index (χ1v) is 5.54. The molecule has 0 saturated carbocycles. The second-order valence-electron chi connectivity index (χ2n) is 3.00. The van der Waals surface area contributed by atoms with Crippen LogP contribution in [0.4, 0.5) is 0 Å². The van der Waals surface area contributed by atoms with Crippen LogP contribution in [0.1, 0.15) is 11.1 Å². The molecule has 13 heavy (non-hydrogen) atoms. The fourth-order valence-corrected chi connectivity index (χ4v) is 1.48. The van der Waals surface area contributed by atoms with Gasteiger partial charge in [-0.15, -0.1) is 0 Å². The van der Waals surface area contributed by atoms with Crippen molar-refractivity contribution >= 4 is 10.1 Å². The van der Waals surface area contributed by atoms with E-state index in [0.29, 0.717) is 6.42 Å². The molecule has 4 heteroatoms. The van der Waals surface area contributed by atoms with Gasteiger partial charge >= 0.3 is 0 Å². The van der Waals surface area contributed by atoms with E-state index in [1.165, 1.54) is 0 Å². The van der Waals surface area contributed by atoms with Crippen molar-refractivity contribution in [2.24, 2.45) is 0 Å². The molecule has 0 heterocycles. The summed E-state index contributed by atoms with van der Waals surface area (Å²) in [6, 6.07) is 7.46. The first-order valence-electron chi connectivity index (χ1n) is 3.96. The lowest BCUT2D eigenvalue weighted by Gasteiger charge is -1.98. The van der Waals surface area contributed by atoms with Gasteiger partial charge in [0.15, 0.2) is 0 Å². The lowest BCUT2D eigenvalue weighted by molar-refractivity contribution is 0.414. The predicted octanol–water partition coefficient (Wildman–Crippen LogP) is 1.30. The second kappa shape index (κ2) is 3.89. The number of rotatable bonds is 3. The summed E-state index contributed by atoms with van der Waals surface area (Å²) in [5.74, 6) is -0.323. The zero-order valence-electron chi connectivity index (χ0n) is 7.36. The summed E-state index contributed by atoms with van der Waals surface area (Å²) in [5, 5.41) is 0. The Bertz CT molecular complexity index is 364. The van der Waals surface area contributed by atoms with Crippen LogP contribution in [0.2, 0.25) is 0 Å². The maximum atomic E-state index is 10.3. The normalized spacial score (nSPS) is 11.5. The Kier molecular flexibility index (Phi) is 3.06. The van der Waals surface area contributed by atoms with Crippen molar-refractivity contribution in [2.45, 2.75) is 13.3 Å². The van der Waals surface area contributed by atoms with Crippen molar-refractivity contribution < 1.29 is 13.0 Å². The highest BCUT2D eigenvalue weighted by Crippen LogP contribution is 2.04. The maximum absolute atomic E-state index is 10.3. The Morgan fingerprint density at radius 3 is 2.15 bits per heavy atom. The number of benzene rings is 1. The van der Waals surface area contributed by atoms with Crippen LogP contribution in [0.3, 0.4) is 0 Å². The highest BCUT2D eigenvalue weighted by atomic mass is 32.2. The summed E-state index contributed by atoms with van der Waals surface area (Å²) in [6.07, 6.45) is 0.298. The van der Waals surface area contributed by atoms with Crippen molar-refractivity contribution in [1.29, 1.82) is 0 Å². The van der Waals surface area contributed by atoms with Gasteiger partial charge in [-0.3, -0.25) is 0 Å². The van der Waals surface area contributed by atoms with E-state index in [4.69, 9.17) is 0 Å². The molecule has 1 aromatic rings. The van der Waals surface area contributed by atoms with Crippen LogP contribution in [0.5, 0.6) is 0 Å². The molecular weight excluding hydrogens is 188 g/mol. The van der Waals surface area contributed by atoms with E-state index in [1.54, 1.807) is 0 Å². The van der Waals surface area contributed by atoms with E-state index in [-0.39, 0.29) is 5.75 Å². The molecule has 0 aliphatic rings. The van der Waals surface area contributed by atoms with Crippen molar-refractivity contribution in [1.82, 2.24) is 0 Å². The van der Waals surface area contributed by atoms with E-state index < -0.39 is 10.1 Å². The van der Waals surface area contributed by atoms with Gasteiger partial charge in [0.05, 0.1) is 5.75 Å². The van der Waals surface area contributed by atoms with Gasteiger partial charge in [0.25, 0.3) is 10.1 Å². The molecule has 0 fully saturated rings. The third kappa shape index (κ3) is 4.05. The van der Waals surface area contributed by atoms with Crippen molar-refractivity contribution in [3.8, 4) is 0 Å². The number of hydrogen-bond acceptors (Lipinski definition) is 2. The summed E-state index contributed by atoms with van der Waals surface area (Å²) in [7, 11) is -4.08. The lowest BCUT2D eigenvalue weighted by Crippen LogP contribution is -2.04. The third-order valence-electron chi connectivity index (χ3n) is 1.76. The quantitative estimate of drug-likeness (QED) is 0.736. The largest absolute Gasteiger partial charge is 0.294 e. The van der Waals surface area contributed by atoms with E-state index in [0.717, 1.165) is 11.1 Å². The Hall–Kier alpha value is -0.870. The van der Waals surface area contributed by atoms with Gasteiger partial charge in [0.1, 0.15) is 0 Å². The molecule has 1 radical (unpaired) electrons. The number of hydrogen-bond donors (Lipinski definition) is 0. The molecule has 3 nitrogen and oxygen atoms in total. The lowest BCUT2D eigenvalue weighted by atomic mass is 10.1. The third-order valence-corrected chi connectivity index (χ3v) is 2.47. The SMILES string of the molecule is Cc1ccc(CCS([O])(=O)=O)cc1. The first-order chi connectivity index (χ1) is 5.97. The summed E-state index contributed by atoms with van der Waals surface area (Å²) in [4.78, 5) is 0. The van der Waals surface area contributed by atoms with Crippen LogP contribution in [-0.2, 0) is 21.1 Å². The van der Waals surface area contributed by atoms with Crippen LogP contribution < -0.4 is 0 Å². The minimum Gasteiger partial charge on any atom is -0.197 e. The van der Waals surface area contributed by atoms with Gasteiger partial charge in [-0.2, -0.15) is 8.42 Å². The van der Waals surface area contributed by atoms with E-state index in [2.05, 4.69) is 0 Å². The smallest absolute Gasteiger partial charge is 0.197 e. The van der Waals surface area contributed by atoms with Gasteiger partial charge < -0.3 is 0 Å². The van der Waals surface area contributed by atoms with Gasteiger partial charge in [-0.25, -0.2) is 0 Å². The predicted molar refractivity (Wildman–Crippen MR) is 49.4 cm³/mol. The van der Waals surface area contributed by atoms with E-state index >= 15 is 0 Å². The van der Waals surface area contributed by atoms with Crippen LogP contribution in [0.15, 0.2) is 24.3 Å². The molecule has 0 unspecified atom stereocenters. The average molecular weight is 199 g/mol. The molecular formula is C9H11O3S. The summed E-state index contributed by atoms with van der Waals surface area (Å²) in [6.45, 7) is 1.95. The molecule has 0 saturated heterocycles. The van der Waals surface area contributed by atoms with Crippen LogP contribution in [-0.4, -0.2) is 14.2 Å². The summed E-state index contributed by atoms with van der Waals surface area (Å²) in [5.41, 5.74) is 2.00.